The summed E-state index contributed by atoms with van der Waals surface area (Å²) >= 11 is 0. The summed E-state index contributed by atoms with van der Waals surface area (Å²) in [6, 6.07) is 19.3. The van der Waals surface area contributed by atoms with E-state index in [1.54, 1.807) is 0 Å². The quantitative estimate of drug-likeness (QED) is 0.323. The minimum Gasteiger partial charge on any atom is -0.512 e. The van der Waals surface area contributed by atoms with Gasteiger partial charge in [0.05, 0.1) is 5.76 Å². The predicted octanol–water partition coefficient (Wildman–Crippen LogP) is 4.54. The number of aliphatic hydroxyl groups excluding tert-OH is 1. The van der Waals surface area contributed by atoms with Crippen LogP contribution in [0.1, 0.15) is 13.8 Å². The number of hydrogen-bond acceptors (Lipinski definition) is 3. The van der Waals surface area contributed by atoms with Crippen molar-refractivity contribution in [3.63, 3.8) is 0 Å². The summed E-state index contributed by atoms with van der Waals surface area (Å²) in [6.45, 7) is 2.85. The van der Waals surface area contributed by atoms with Crippen molar-refractivity contribution >= 4 is 16.6 Å². The Labute approximate surface area is 155 Å². The fraction of sp³-hybridized carbons (Fsp3) is 0.100. The van der Waals surface area contributed by atoms with Gasteiger partial charge in [0.1, 0.15) is 0 Å². The Hall–Kier alpha value is -2.29. The number of carbonyl (C=O) groups excluding carboxylic acids is 1. The van der Waals surface area contributed by atoms with Gasteiger partial charge in [-0.15, -0.1) is 17.5 Å². The molecule has 0 fully saturated rings. The molecule has 1 heterocycles. The van der Waals surface area contributed by atoms with Crippen molar-refractivity contribution in [1.82, 2.24) is 4.98 Å². The normalized spacial score (nSPS) is 10.3. The van der Waals surface area contributed by atoms with Gasteiger partial charge in [-0.2, -0.15) is 29.8 Å². The third kappa shape index (κ3) is 5.73. The van der Waals surface area contributed by atoms with Gasteiger partial charge < -0.3 is 10.1 Å². The molecule has 0 bridgehead atoms. The largest absolute Gasteiger partial charge is 0.512 e. The van der Waals surface area contributed by atoms with Gasteiger partial charge in [0, 0.05) is 26.2 Å². The van der Waals surface area contributed by atoms with Crippen molar-refractivity contribution in [2.24, 2.45) is 0 Å². The van der Waals surface area contributed by atoms with Crippen molar-refractivity contribution in [1.29, 1.82) is 0 Å². The second-order valence-electron chi connectivity index (χ2n) is 5.00. The molecule has 0 aliphatic heterocycles. The molecule has 125 valence electrons. The van der Waals surface area contributed by atoms with Crippen LogP contribution in [-0.4, -0.2) is 15.9 Å². The third-order valence-electron chi connectivity index (χ3n) is 3.00. The Morgan fingerprint density at radius 1 is 1.12 bits per heavy atom. The van der Waals surface area contributed by atoms with E-state index in [2.05, 4.69) is 29.4 Å². The van der Waals surface area contributed by atoms with E-state index >= 15 is 0 Å². The molecule has 1 radical (unpaired) electrons. The molecule has 0 aliphatic carbocycles. The maximum Gasteiger partial charge on any atom is 0.155 e. The Bertz CT molecular complexity index is 820. The molecule has 3 rings (SSSR count). The molecule has 3 nitrogen and oxygen atoms in total. The van der Waals surface area contributed by atoms with Gasteiger partial charge in [0.25, 0.3) is 0 Å². The fourth-order valence-corrected chi connectivity index (χ4v) is 2.11. The number of carbonyl (C=O) groups is 1. The minimum absolute atomic E-state index is 0. The average molecular weight is 496 g/mol. The molecule has 2 aromatic carbocycles. The molecule has 0 aliphatic rings. The summed E-state index contributed by atoms with van der Waals surface area (Å²) in [6.07, 6.45) is 6.05. The molecule has 0 saturated carbocycles. The van der Waals surface area contributed by atoms with Gasteiger partial charge in [-0.25, -0.2) is 5.56 Å². The molecule has 24 heavy (non-hydrogen) atoms. The zero-order chi connectivity index (χ0) is 16.7. The van der Waals surface area contributed by atoms with E-state index in [0.717, 1.165) is 16.5 Å². The van der Waals surface area contributed by atoms with Gasteiger partial charge in [0.15, 0.2) is 5.78 Å². The van der Waals surface area contributed by atoms with Crippen molar-refractivity contribution in [2.45, 2.75) is 13.8 Å². The summed E-state index contributed by atoms with van der Waals surface area (Å²) in [5.41, 5.74) is 2.05. The van der Waals surface area contributed by atoms with Crippen LogP contribution in [0.4, 0.5) is 0 Å². The third-order valence-corrected chi connectivity index (χ3v) is 3.00. The number of hydrogen-bond donors (Lipinski definition) is 1. The van der Waals surface area contributed by atoms with E-state index in [0.29, 0.717) is 0 Å². The van der Waals surface area contributed by atoms with Crippen LogP contribution in [0.15, 0.2) is 66.6 Å². The average Bonchev–Trinajstić information content (AvgIpc) is 2.54. The maximum atomic E-state index is 10.0. The van der Waals surface area contributed by atoms with Crippen molar-refractivity contribution in [3.05, 3.63) is 78.8 Å². The van der Waals surface area contributed by atoms with Crippen LogP contribution in [0.2, 0.25) is 0 Å². The SMILES string of the molecule is CC(=O)/C=C(/C)O.[Ir].[c-]1ccccc1-c1[c-]ncc2ccccc12. The smallest absolute Gasteiger partial charge is 0.155 e. The number of rotatable bonds is 2. The molecule has 4 heteroatoms. The van der Waals surface area contributed by atoms with Gasteiger partial charge in [-0.3, -0.25) is 4.79 Å². The van der Waals surface area contributed by atoms with Crippen molar-refractivity contribution in [3.8, 4) is 11.1 Å². The first-order chi connectivity index (χ1) is 11.1. The molecule has 3 aromatic rings. The van der Waals surface area contributed by atoms with Crippen molar-refractivity contribution in [2.75, 3.05) is 0 Å². The van der Waals surface area contributed by atoms with E-state index in [1.165, 1.54) is 25.3 Å². The first-order valence-corrected chi connectivity index (χ1v) is 7.18. The van der Waals surface area contributed by atoms with Gasteiger partial charge in [-0.05, 0) is 13.8 Å². The topological polar surface area (TPSA) is 50.2 Å². The number of fused-ring (bicyclic) bond motifs is 1. The second kappa shape index (κ2) is 9.76. The molecule has 0 atom stereocenters. The molecule has 0 spiro atoms. The Balaban J connectivity index is 0.000000312. The number of benzene rings is 2. The monoisotopic (exact) mass is 496 g/mol. The molecule has 1 aromatic heterocycles. The summed E-state index contributed by atoms with van der Waals surface area (Å²) in [5.74, 6) is -0.0625. The van der Waals surface area contributed by atoms with Crippen LogP contribution in [0.3, 0.4) is 0 Å². The van der Waals surface area contributed by atoms with Crippen LogP contribution in [0.5, 0.6) is 0 Å². The minimum atomic E-state index is -0.125. The van der Waals surface area contributed by atoms with Crippen LogP contribution in [0, 0.1) is 12.3 Å². The van der Waals surface area contributed by atoms with Crippen LogP contribution >= 0.6 is 0 Å². The molecule has 0 unspecified atom stereocenters. The van der Waals surface area contributed by atoms with Crippen LogP contribution in [0.25, 0.3) is 21.9 Å². The number of aromatic nitrogens is 1. The maximum absolute atomic E-state index is 10.0. The predicted molar refractivity (Wildman–Crippen MR) is 91.9 cm³/mol. The van der Waals surface area contributed by atoms with E-state index < -0.39 is 0 Å². The van der Waals surface area contributed by atoms with E-state index in [4.69, 9.17) is 5.11 Å². The van der Waals surface area contributed by atoms with E-state index in [9.17, 15) is 4.79 Å². The van der Waals surface area contributed by atoms with Crippen molar-refractivity contribution < 1.29 is 30.0 Å². The molecule has 1 N–H and O–H groups in total. The standard InChI is InChI=1S/C15H9N.C5H8O2.Ir/c1-2-6-12(7-3-1)15-11-16-10-13-8-4-5-9-14(13)15;1-4(6)3-5(2)7;/h1-6,8-10H;3,6H,1-2H3;/q-2;;/b;4-3-;. The number of ketones is 1. The van der Waals surface area contributed by atoms with Crippen LogP contribution < -0.4 is 0 Å². The Kier molecular flexibility index (Phi) is 8.03. The summed E-state index contributed by atoms with van der Waals surface area (Å²) < 4.78 is 0. The zero-order valence-corrected chi connectivity index (χ0v) is 15.8. The first kappa shape index (κ1) is 19.8. The molecular formula is C20H17IrNO2-2. The van der Waals surface area contributed by atoms with Crippen LogP contribution in [-0.2, 0) is 24.9 Å². The van der Waals surface area contributed by atoms with Gasteiger partial charge >= 0.3 is 0 Å². The number of pyridine rings is 1. The van der Waals surface area contributed by atoms with Gasteiger partial charge in [0.2, 0.25) is 0 Å². The number of allylic oxidation sites excluding steroid dienone is 2. The summed E-state index contributed by atoms with van der Waals surface area (Å²) in [4.78, 5) is 14.2. The van der Waals surface area contributed by atoms with E-state index in [1.807, 2.05) is 42.6 Å². The first-order valence-electron chi connectivity index (χ1n) is 7.18. The fourth-order valence-electron chi connectivity index (χ4n) is 2.11. The molecule has 0 amide bonds. The Morgan fingerprint density at radius 2 is 1.83 bits per heavy atom. The second-order valence-corrected chi connectivity index (χ2v) is 5.00. The van der Waals surface area contributed by atoms with E-state index in [-0.39, 0.29) is 31.6 Å². The number of aliphatic hydroxyl groups is 1. The molecular weight excluding hydrogens is 478 g/mol. The molecule has 0 saturated heterocycles. The van der Waals surface area contributed by atoms with Gasteiger partial charge in [-0.1, -0.05) is 36.0 Å². The zero-order valence-electron chi connectivity index (χ0n) is 13.4. The summed E-state index contributed by atoms with van der Waals surface area (Å²) in [7, 11) is 0. The Morgan fingerprint density at radius 3 is 2.42 bits per heavy atom. The number of nitrogens with zero attached hydrogens (tertiary/aromatic N) is 1. The summed E-state index contributed by atoms with van der Waals surface area (Å²) in [5, 5.41) is 10.7.